The molecule has 1 aromatic rings. The topological polar surface area (TPSA) is 61.8 Å². The molecule has 6 heteroatoms. The monoisotopic (exact) mass is 310 g/mol. The lowest BCUT2D eigenvalue weighted by Gasteiger charge is -2.31. The van der Waals surface area contributed by atoms with Gasteiger partial charge in [0.05, 0.1) is 6.10 Å². The minimum absolute atomic E-state index is 0.124. The fraction of sp³-hybridized carbons (Fsp3) is 0.562. The van der Waals surface area contributed by atoms with Gasteiger partial charge in [0.1, 0.15) is 5.82 Å². The van der Waals surface area contributed by atoms with Crippen LogP contribution in [-0.2, 0) is 4.74 Å². The number of amides is 2. The van der Waals surface area contributed by atoms with Crippen molar-refractivity contribution in [2.45, 2.75) is 18.9 Å². The highest BCUT2D eigenvalue weighted by Gasteiger charge is 2.22. The summed E-state index contributed by atoms with van der Waals surface area (Å²) in [7, 11) is 1.56. The Labute approximate surface area is 130 Å². The normalized spacial score (nSPS) is 17.3. The summed E-state index contributed by atoms with van der Waals surface area (Å²) in [5, 5.41) is 12.0. The second-order valence-electron chi connectivity index (χ2n) is 5.57. The van der Waals surface area contributed by atoms with Gasteiger partial charge in [0, 0.05) is 33.4 Å². The highest BCUT2D eigenvalue weighted by molar-refractivity contribution is 5.74. The lowest BCUT2D eigenvalue weighted by atomic mass is 9.98. The van der Waals surface area contributed by atoms with Crippen molar-refractivity contribution in [2.75, 3.05) is 33.4 Å². The predicted molar refractivity (Wildman–Crippen MR) is 80.9 cm³/mol. The van der Waals surface area contributed by atoms with Gasteiger partial charge in [-0.3, -0.25) is 0 Å². The van der Waals surface area contributed by atoms with Crippen LogP contribution in [0.25, 0.3) is 0 Å². The van der Waals surface area contributed by atoms with Crippen molar-refractivity contribution in [3.05, 3.63) is 35.6 Å². The number of nitrogens with zero attached hydrogens (tertiary/aromatic N) is 1. The molecule has 1 atom stereocenters. The average molecular weight is 310 g/mol. The zero-order chi connectivity index (χ0) is 15.9. The van der Waals surface area contributed by atoms with Gasteiger partial charge >= 0.3 is 6.03 Å². The molecule has 122 valence electrons. The first-order chi connectivity index (χ1) is 10.6. The number of likely N-dealkylation sites (tertiary alicyclic amines) is 1. The smallest absolute Gasteiger partial charge is 0.317 e. The quantitative estimate of drug-likeness (QED) is 0.873. The Kier molecular flexibility index (Phi) is 6.15. The van der Waals surface area contributed by atoms with Gasteiger partial charge in [-0.05, 0) is 36.5 Å². The van der Waals surface area contributed by atoms with Gasteiger partial charge in [0.25, 0.3) is 0 Å². The minimum atomic E-state index is -0.306. The Bertz CT molecular complexity index is 473. The van der Waals surface area contributed by atoms with Crippen molar-refractivity contribution in [1.82, 2.24) is 10.2 Å². The third kappa shape index (κ3) is 4.42. The fourth-order valence-electron chi connectivity index (χ4n) is 2.63. The number of halogens is 1. The molecule has 1 saturated heterocycles. The Hall–Kier alpha value is -1.66. The van der Waals surface area contributed by atoms with Crippen LogP contribution >= 0.6 is 0 Å². The van der Waals surface area contributed by atoms with E-state index >= 15 is 0 Å². The molecule has 1 unspecified atom stereocenters. The number of hydrogen-bond donors (Lipinski definition) is 2. The summed E-state index contributed by atoms with van der Waals surface area (Å²) < 4.78 is 18.3. The molecule has 1 aliphatic rings. The first-order valence-corrected chi connectivity index (χ1v) is 7.56. The van der Waals surface area contributed by atoms with E-state index in [9.17, 15) is 9.18 Å². The number of carbonyl (C=O) groups is 1. The molecular formula is C16H23FN2O3. The maximum atomic E-state index is 12.9. The van der Waals surface area contributed by atoms with Crippen LogP contribution in [0, 0.1) is 11.7 Å². The number of benzene rings is 1. The van der Waals surface area contributed by atoms with Crippen LogP contribution in [0.15, 0.2) is 24.3 Å². The van der Waals surface area contributed by atoms with Gasteiger partial charge in [-0.15, -0.1) is 0 Å². The summed E-state index contributed by atoms with van der Waals surface area (Å²) in [6, 6.07) is 5.94. The highest BCUT2D eigenvalue weighted by Crippen LogP contribution is 2.18. The molecule has 2 rings (SSSR count). The number of aliphatic hydroxyl groups is 1. The number of urea groups is 1. The van der Waals surface area contributed by atoms with E-state index < -0.39 is 0 Å². The second-order valence-corrected chi connectivity index (χ2v) is 5.57. The van der Waals surface area contributed by atoms with E-state index in [0.29, 0.717) is 25.6 Å². The molecule has 1 aliphatic heterocycles. The molecule has 0 aliphatic carbocycles. The third-order valence-electron chi connectivity index (χ3n) is 4.12. The van der Waals surface area contributed by atoms with Crippen molar-refractivity contribution in [3.8, 4) is 0 Å². The van der Waals surface area contributed by atoms with E-state index in [-0.39, 0.29) is 24.6 Å². The Morgan fingerprint density at radius 2 is 2.05 bits per heavy atom. The van der Waals surface area contributed by atoms with Crippen molar-refractivity contribution >= 4 is 6.03 Å². The van der Waals surface area contributed by atoms with E-state index in [1.807, 2.05) is 0 Å². The van der Waals surface area contributed by atoms with Gasteiger partial charge in [-0.25, -0.2) is 9.18 Å². The maximum Gasteiger partial charge on any atom is 0.317 e. The molecule has 1 fully saturated rings. The summed E-state index contributed by atoms with van der Waals surface area (Å²) in [5.74, 6) is 0.00406. The fourth-order valence-corrected chi connectivity index (χ4v) is 2.63. The van der Waals surface area contributed by atoms with Crippen molar-refractivity contribution in [2.24, 2.45) is 5.92 Å². The predicted octanol–water partition coefficient (Wildman–Crippen LogP) is 1.93. The number of hydrogen-bond acceptors (Lipinski definition) is 3. The lowest BCUT2D eigenvalue weighted by Crippen LogP contribution is -2.46. The van der Waals surface area contributed by atoms with Gasteiger partial charge in [-0.2, -0.15) is 0 Å². The number of carbonyl (C=O) groups excluding carboxylic acids is 1. The Morgan fingerprint density at radius 1 is 1.41 bits per heavy atom. The lowest BCUT2D eigenvalue weighted by molar-refractivity contribution is 0.0980. The van der Waals surface area contributed by atoms with Crippen molar-refractivity contribution < 1.29 is 19.0 Å². The van der Waals surface area contributed by atoms with Crippen LogP contribution in [0.1, 0.15) is 24.5 Å². The van der Waals surface area contributed by atoms with E-state index in [2.05, 4.69) is 5.32 Å². The summed E-state index contributed by atoms with van der Waals surface area (Å²) in [6.07, 6.45) is 1.35. The largest absolute Gasteiger partial charge is 0.396 e. The van der Waals surface area contributed by atoms with Crippen LogP contribution < -0.4 is 5.32 Å². The molecule has 2 N–H and O–H groups in total. The van der Waals surface area contributed by atoms with Crippen LogP contribution in [0.3, 0.4) is 0 Å². The highest BCUT2D eigenvalue weighted by atomic mass is 19.1. The van der Waals surface area contributed by atoms with Crippen molar-refractivity contribution in [3.63, 3.8) is 0 Å². The molecular weight excluding hydrogens is 287 g/mol. The number of piperidine rings is 1. The first-order valence-electron chi connectivity index (χ1n) is 7.56. The average Bonchev–Trinajstić information content (AvgIpc) is 2.56. The Morgan fingerprint density at radius 3 is 2.59 bits per heavy atom. The number of aliphatic hydroxyl groups excluding tert-OH is 1. The molecule has 0 saturated carbocycles. The molecule has 1 aromatic carbocycles. The van der Waals surface area contributed by atoms with E-state index in [1.165, 1.54) is 12.1 Å². The zero-order valence-corrected chi connectivity index (χ0v) is 12.8. The number of ether oxygens (including phenoxy) is 1. The van der Waals surface area contributed by atoms with Gasteiger partial charge in [-0.1, -0.05) is 12.1 Å². The third-order valence-corrected chi connectivity index (χ3v) is 4.12. The molecule has 0 bridgehead atoms. The number of methoxy groups -OCH3 is 1. The first kappa shape index (κ1) is 16.7. The van der Waals surface area contributed by atoms with Crippen LogP contribution in [0.2, 0.25) is 0 Å². The zero-order valence-electron chi connectivity index (χ0n) is 12.8. The maximum absolute atomic E-state index is 12.9. The van der Waals surface area contributed by atoms with E-state index in [4.69, 9.17) is 9.84 Å². The van der Waals surface area contributed by atoms with Crippen LogP contribution in [0.5, 0.6) is 0 Å². The standard InChI is InChI=1S/C16H23FN2O3/c1-22-15(13-2-4-14(17)5-3-13)10-18-16(21)19-8-6-12(11-20)7-9-19/h2-5,12,15,20H,6-11H2,1H3,(H,18,21). The van der Waals surface area contributed by atoms with Crippen LogP contribution in [-0.4, -0.2) is 49.4 Å². The number of nitrogens with one attached hydrogen (secondary N) is 1. The van der Waals surface area contributed by atoms with E-state index in [0.717, 1.165) is 18.4 Å². The van der Waals surface area contributed by atoms with Crippen molar-refractivity contribution in [1.29, 1.82) is 0 Å². The molecule has 22 heavy (non-hydrogen) atoms. The number of rotatable bonds is 5. The summed E-state index contributed by atoms with van der Waals surface area (Å²) >= 11 is 0. The second kappa shape index (κ2) is 8.10. The molecule has 0 spiro atoms. The molecule has 0 aromatic heterocycles. The van der Waals surface area contributed by atoms with Gasteiger partial charge < -0.3 is 20.1 Å². The van der Waals surface area contributed by atoms with Crippen LogP contribution in [0.4, 0.5) is 9.18 Å². The van der Waals surface area contributed by atoms with Gasteiger partial charge in [0.15, 0.2) is 0 Å². The SMILES string of the molecule is COC(CNC(=O)N1CCC(CO)CC1)c1ccc(F)cc1. The summed E-state index contributed by atoms with van der Waals surface area (Å²) in [6.45, 7) is 1.84. The Balaban J connectivity index is 1.83. The summed E-state index contributed by atoms with van der Waals surface area (Å²) in [5.41, 5.74) is 0.822. The van der Waals surface area contributed by atoms with Gasteiger partial charge in [0.2, 0.25) is 0 Å². The summed E-state index contributed by atoms with van der Waals surface area (Å²) in [4.78, 5) is 13.9. The molecule has 2 amide bonds. The molecule has 5 nitrogen and oxygen atoms in total. The minimum Gasteiger partial charge on any atom is -0.396 e. The molecule has 0 radical (unpaired) electrons. The van der Waals surface area contributed by atoms with E-state index in [1.54, 1.807) is 24.1 Å². The molecule has 1 heterocycles.